The molecule has 166 valence electrons. The van der Waals surface area contributed by atoms with Crippen molar-refractivity contribution in [2.24, 2.45) is 0 Å². The van der Waals surface area contributed by atoms with E-state index in [1.807, 2.05) is 6.92 Å². The number of hydrogen-bond acceptors (Lipinski definition) is 1. The molecule has 2 rings (SSSR count). The van der Waals surface area contributed by atoms with Crippen LogP contribution in [0, 0.1) is 23.3 Å². The van der Waals surface area contributed by atoms with Crippen LogP contribution in [-0.2, 0) is 4.74 Å². The lowest BCUT2D eigenvalue weighted by atomic mass is 9.98. The third-order valence-electron chi connectivity index (χ3n) is 5.29. The molecule has 0 spiro atoms. The molecule has 0 fully saturated rings. The molecule has 0 N–H and O–H groups in total. The summed E-state index contributed by atoms with van der Waals surface area (Å²) in [6.45, 7) is 4.90. The van der Waals surface area contributed by atoms with E-state index < -0.39 is 23.3 Å². The van der Waals surface area contributed by atoms with E-state index in [4.69, 9.17) is 4.74 Å². The Morgan fingerprint density at radius 2 is 1.37 bits per heavy atom. The topological polar surface area (TPSA) is 9.23 Å². The maximum Gasteiger partial charge on any atom is 0.198 e. The van der Waals surface area contributed by atoms with Crippen molar-refractivity contribution in [3.05, 3.63) is 59.2 Å². The van der Waals surface area contributed by atoms with Gasteiger partial charge in [0.25, 0.3) is 0 Å². The first-order valence-corrected chi connectivity index (χ1v) is 11.0. The first-order valence-electron chi connectivity index (χ1n) is 11.0. The van der Waals surface area contributed by atoms with Gasteiger partial charge in [0, 0.05) is 12.2 Å². The first kappa shape index (κ1) is 24.4. The zero-order valence-electron chi connectivity index (χ0n) is 18.0. The molecule has 0 aliphatic heterocycles. The molecule has 2 aromatic carbocycles. The highest BCUT2D eigenvalue weighted by atomic mass is 19.2. The molecule has 1 nitrogen and oxygen atoms in total. The third-order valence-corrected chi connectivity index (χ3v) is 5.29. The summed E-state index contributed by atoms with van der Waals surface area (Å²) >= 11 is 0. The smallest absolute Gasteiger partial charge is 0.198 e. The van der Waals surface area contributed by atoms with E-state index in [1.165, 1.54) is 32.1 Å². The van der Waals surface area contributed by atoms with E-state index in [0.717, 1.165) is 31.2 Å². The van der Waals surface area contributed by atoms with Crippen molar-refractivity contribution in [3.63, 3.8) is 0 Å². The van der Waals surface area contributed by atoms with Crippen LogP contribution < -0.4 is 0 Å². The number of hydrogen-bond donors (Lipinski definition) is 0. The van der Waals surface area contributed by atoms with Crippen molar-refractivity contribution in [3.8, 4) is 11.1 Å². The average Bonchev–Trinajstić information content (AvgIpc) is 2.76. The second kappa shape index (κ2) is 12.7. The van der Waals surface area contributed by atoms with Gasteiger partial charge in [0.15, 0.2) is 23.3 Å². The summed E-state index contributed by atoms with van der Waals surface area (Å²) < 4.78 is 60.3. The summed E-state index contributed by atoms with van der Waals surface area (Å²) in [7, 11) is 0. The number of ether oxygens (including phenoxy) is 1. The minimum atomic E-state index is -1.80. The molecule has 0 bridgehead atoms. The van der Waals surface area contributed by atoms with Crippen LogP contribution in [0.25, 0.3) is 11.1 Å². The van der Waals surface area contributed by atoms with Gasteiger partial charge in [-0.15, -0.1) is 0 Å². The van der Waals surface area contributed by atoms with Gasteiger partial charge in [-0.1, -0.05) is 83.1 Å². The lowest BCUT2D eigenvalue weighted by Gasteiger charge is -2.19. The standard InChI is InChI=1S/C25H32F4O/c1-3-5-6-7-8-9-10-11-22(30-16-4-2)19-14-12-18(13-15-19)20-17-21(26)24(28)25(29)23(20)27/h12-15,17,22H,3-11,16H2,1-2H3. The molecule has 30 heavy (non-hydrogen) atoms. The molecule has 0 radical (unpaired) electrons. The zero-order chi connectivity index (χ0) is 21.9. The number of benzene rings is 2. The summed E-state index contributed by atoms with van der Waals surface area (Å²) in [6, 6.07) is 7.45. The Labute approximate surface area is 177 Å². The molecule has 0 aliphatic carbocycles. The van der Waals surface area contributed by atoms with Crippen molar-refractivity contribution in [2.75, 3.05) is 6.61 Å². The highest BCUT2D eigenvalue weighted by Gasteiger charge is 2.20. The van der Waals surface area contributed by atoms with Crippen LogP contribution in [0.2, 0.25) is 0 Å². The molecule has 1 unspecified atom stereocenters. The maximum absolute atomic E-state index is 14.1. The SMILES string of the molecule is CCCCCCCCCC(OCCC)c1ccc(-c2cc(F)c(F)c(F)c2F)cc1. The molecule has 0 aliphatic rings. The minimum absolute atomic E-state index is 0.0684. The van der Waals surface area contributed by atoms with Crippen LogP contribution in [0.4, 0.5) is 17.6 Å². The fourth-order valence-electron chi connectivity index (χ4n) is 3.55. The fraction of sp³-hybridized carbons (Fsp3) is 0.520. The second-order valence-electron chi connectivity index (χ2n) is 7.74. The van der Waals surface area contributed by atoms with Crippen molar-refractivity contribution in [2.45, 2.75) is 77.7 Å². The van der Waals surface area contributed by atoms with E-state index in [1.54, 1.807) is 24.3 Å². The Hall–Kier alpha value is -1.88. The van der Waals surface area contributed by atoms with Gasteiger partial charge in [-0.25, -0.2) is 17.6 Å². The summed E-state index contributed by atoms with van der Waals surface area (Å²) in [5, 5.41) is 0. The van der Waals surface area contributed by atoms with Gasteiger partial charge in [-0.05, 0) is 30.0 Å². The van der Waals surface area contributed by atoms with E-state index in [2.05, 4.69) is 6.92 Å². The molecule has 2 aromatic rings. The predicted octanol–water partition coefficient (Wildman–Crippen LogP) is 8.52. The van der Waals surface area contributed by atoms with E-state index in [9.17, 15) is 17.6 Å². The minimum Gasteiger partial charge on any atom is -0.374 e. The van der Waals surface area contributed by atoms with Gasteiger partial charge < -0.3 is 4.74 Å². The number of rotatable bonds is 13. The average molecular weight is 425 g/mol. The van der Waals surface area contributed by atoms with Crippen molar-refractivity contribution >= 4 is 0 Å². The molecule has 0 saturated heterocycles. The number of halogens is 4. The summed E-state index contributed by atoms with van der Waals surface area (Å²) in [5.74, 6) is -6.38. The zero-order valence-corrected chi connectivity index (χ0v) is 18.0. The normalized spacial score (nSPS) is 12.3. The van der Waals surface area contributed by atoms with Crippen LogP contribution in [0.3, 0.4) is 0 Å². The van der Waals surface area contributed by atoms with Crippen molar-refractivity contribution in [1.82, 2.24) is 0 Å². The Balaban J connectivity index is 2.05. The van der Waals surface area contributed by atoms with E-state index in [-0.39, 0.29) is 11.7 Å². The fourth-order valence-corrected chi connectivity index (χ4v) is 3.55. The van der Waals surface area contributed by atoms with Crippen molar-refractivity contribution < 1.29 is 22.3 Å². The van der Waals surface area contributed by atoms with Gasteiger partial charge in [0.05, 0.1) is 6.10 Å². The molecule has 0 heterocycles. The molecule has 0 saturated carbocycles. The largest absolute Gasteiger partial charge is 0.374 e. The Morgan fingerprint density at radius 1 is 0.733 bits per heavy atom. The van der Waals surface area contributed by atoms with Crippen LogP contribution in [0.5, 0.6) is 0 Å². The van der Waals surface area contributed by atoms with Gasteiger partial charge in [-0.2, -0.15) is 0 Å². The first-order chi connectivity index (χ1) is 14.5. The molecular weight excluding hydrogens is 392 g/mol. The molecule has 0 amide bonds. The Bertz CT molecular complexity index is 774. The Morgan fingerprint density at radius 3 is 2.00 bits per heavy atom. The van der Waals surface area contributed by atoms with Gasteiger partial charge in [-0.3, -0.25) is 0 Å². The monoisotopic (exact) mass is 424 g/mol. The maximum atomic E-state index is 14.1. The summed E-state index contributed by atoms with van der Waals surface area (Å²) in [6.07, 6.45) is 10.3. The van der Waals surface area contributed by atoms with Crippen LogP contribution in [-0.4, -0.2) is 6.61 Å². The van der Waals surface area contributed by atoms with Gasteiger partial charge in [0.2, 0.25) is 0 Å². The highest BCUT2D eigenvalue weighted by molar-refractivity contribution is 5.64. The van der Waals surface area contributed by atoms with Crippen molar-refractivity contribution in [1.29, 1.82) is 0 Å². The molecule has 5 heteroatoms. The predicted molar refractivity (Wildman–Crippen MR) is 113 cm³/mol. The molecule has 1 atom stereocenters. The number of unbranched alkanes of at least 4 members (excludes halogenated alkanes) is 6. The molecular formula is C25H32F4O. The van der Waals surface area contributed by atoms with E-state index >= 15 is 0 Å². The Kier molecular flexibility index (Phi) is 10.4. The third kappa shape index (κ3) is 6.83. The lowest BCUT2D eigenvalue weighted by Crippen LogP contribution is -2.06. The van der Waals surface area contributed by atoms with Gasteiger partial charge >= 0.3 is 0 Å². The second-order valence-corrected chi connectivity index (χ2v) is 7.74. The quantitative estimate of drug-likeness (QED) is 0.135. The van der Waals surface area contributed by atoms with Gasteiger partial charge in [0.1, 0.15) is 0 Å². The highest BCUT2D eigenvalue weighted by Crippen LogP contribution is 2.31. The summed E-state index contributed by atoms with van der Waals surface area (Å²) in [5.41, 5.74) is 0.942. The van der Waals surface area contributed by atoms with E-state index in [0.29, 0.717) is 18.2 Å². The van der Waals surface area contributed by atoms with Crippen LogP contribution >= 0.6 is 0 Å². The van der Waals surface area contributed by atoms with Crippen LogP contribution in [0.15, 0.2) is 30.3 Å². The molecule has 0 aromatic heterocycles. The summed E-state index contributed by atoms with van der Waals surface area (Å²) in [4.78, 5) is 0. The van der Waals surface area contributed by atoms with Crippen LogP contribution in [0.1, 0.15) is 83.3 Å². The lowest BCUT2D eigenvalue weighted by molar-refractivity contribution is 0.0452.